The highest BCUT2D eigenvalue weighted by atomic mass is 19.2. The van der Waals surface area contributed by atoms with Crippen molar-refractivity contribution in [1.82, 2.24) is 0 Å². The molecule has 3 rings (SSSR count). The molecule has 1 nitrogen and oxygen atoms in total. The fourth-order valence-electron chi connectivity index (χ4n) is 4.34. The van der Waals surface area contributed by atoms with Crippen molar-refractivity contribution in [2.24, 2.45) is 5.92 Å². The Hall–Kier alpha value is -2.34. The molecule has 160 valence electrons. The minimum atomic E-state index is -0.982. The van der Waals surface area contributed by atoms with E-state index in [1.54, 1.807) is 6.92 Å². The Kier molecular flexibility index (Phi) is 8.31. The summed E-state index contributed by atoms with van der Waals surface area (Å²) in [5, 5.41) is 0. The summed E-state index contributed by atoms with van der Waals surface area (Å²) in [5.41, 5.74) is 2.22. The van der Waals surface area contributed by atoms with E-state index < -0.39 is 11.6 Å². The van der Waals surface area contributed by atoms with Gasteiger partial charge in [-0.25, -0.2) is 4.39 Å². The first-order chi connectivity index (χ1) is 14.6. The minimum Gasteiger partial charge on any atom is -0.491 e. The predicted molar refractivity (Wildman–Crippen MR) is 119 cm³/mol. The van der Waals surface area contributed by atoms with Crippen molar-refractivity contribution in [2.45, 2.75) is 71.1 Å². The molecule has 1 fully saturated rings. The Bertz CT molecular complexity index is 868. The van der Waals surface area contributed by atoms with Gasteiger partial charge in [0.05, 0.1) is 12.2 Å². The van der Waals surface area contributed by atoms with E-state index in [0.29, 0.717) is 5.92 Å². The second-order valence-corrected chi connectivity index (χ2v) is 8.26. The van der Waals surface area contributed by atoms with Crippen molar-refractivity contribution < 1.29 is 13.5 Å². The van der Waals surface area contributed by atoms with Gasteiger partial charge in [-0.2, -0.15) is 4.39 Å². The Morgan fingerprint density at radius 3 is 2.27 bits per heavy atom. The van der Waals surface area contributed by atoms with Gasteiger partial charge in [0.25, 0.3) is 0 Å². The van der Waals surface area contributed by atoms with Crippen molar-refractivity contribution in [3.05, 3.63) is 64.7 Å². The smallest absolute Gasteiger partial charge is 0.201 e. The van der Waals surface area contributed by atoms with E-state index in [4.69, 9.17) is 4.74 Å². The van der Waals surface area contributed by atoms with Gasteiger partial charge in [-0.15, -0.1) is 0 Å². The maximum atomic E-state index is 14.2. The Balaban J connectivity index is 1.59. The Morgan fingerprint density at radius 2 is 1.60 bits per heavy atom. The number of rotatable bonds is 7. The van der Waals surface area contributed by atoms with Gasteiger partial charge in [0.2, 0.25) is 5.82 Å². The highest BCUT2D eigenvalue weighted by Gasteiger charge is 2.21. The topological polar surface area (TPSA) is 9.23 Å². The van der Waals surface area contributed by atoms with Crippen LogP contribution in [0.5, 0.6) is 5.75 Å². The number of benzene rings is 2. The van der Waals surface area contributed by atoms with Crippen LogP contribution >= 0.6 is 0 Å². The number of unbranched alkanes of at least 4 members (excludes halogenated alkanes) is 2. The van der Waals surface area contributed by atoms with Crippen LogP contribution in [-0.2, 0) is 0 Å². The lowest BCUT2D eigenvalue weighted by Gasteiger charge is -2.29. The predicted octanol–water partition coefficient (Wildman–Crippen LogP) is 7.62. The van der Waals surface area contributed by atoms with E-state index in [0.717, 1.165) is 11.5 Å². The number of hydrogen-bond acceptors (Lipinski definition) is 1. The molecular formula is C27H32F2O. The lowest BCUT2D eigenvalue weighted by Crippen LogP contribution is -2.13. The summed E-state index contributed by atoms with van der Waals surface area (Å²) in [5.74, 6) is 5.21. The molecule has 3 heteroatoms. The van der Waals surface area contributed by atoms with E-state index in [-0.39, 0.29) is 17.9 Å². The van der Waals surface area contributed by atoms with E-state index in [9.17, 15) is 8.78 Å². The molecule has 1 aliphatic rings. The maximum absolute atomic E-state index is 14.2. The molecule has 0 N–H and O–H groups in total. The third kappa shape index (κ3) is 5.85. The SMILES string of the molecule is CCCCCC1CCC(c2ccc(C#Cc3ccc(OCC)c(F)c3F)cc2)CC1. The van der Waals surface area contributed by atoms with Crippen LogP contribution in [0.15, 0.2) is 36.4 Å². The number of hydrogen-bond donors (Lipinski definition) is 0. The van der Waals surface area contributed by atoms with Crippen molar-refractivity contribution >= 4 is 0 Å². The zero-order chi connectivity index (χ0) is 21.3. The fraction of sp³-hybridized carbons (Fsp3) is 0.481. The molecule has 0 spiro atoms. The van der Waals surface area contributed by atoms with Crippen LogP contribution in [-0.4, -0.2) is 6.61 Å². The summed E-state index contributed by atoms with van der Waals surface area (Å²) in [4.78, 5) is 0. The van der Waals surface area contributed by atoms with Gasteiger partial charge in [-0.1, -0.05) is 56.6 Å². The quantitative estimate of drug-likeness (QED) is 0.337. The molecule has 0 amide bonds. The average molecular weight is 411 g/mol. The molecule has 0 aromatic heterocycles. The van der Waals surface area contributed by atoms with Crippen molar-refractivity contribution in [2.75, 3.05) is 6.61 Å². The largest absolute Gasteiger partial charge is 0.491 e. The third-order valence-corrected chi connectivity index (χ3v) is 6.13. The lowest BCUT2D eigenvalue weighted by molar-refractivity contribution is 0.303. The first kappa shape index (κ1) is 22.3. The fourth-order valence-corrected chi connectivity index (χ4v) is 4.34. The highest BCUT2D eigenvalue weighted by Crippen LogP contribution is 2.37. The van der Waals surface area contributed by atoms with Gasteiger partial charge in [-0.3, -0.25) is 0 Å². The molecule has 0 radical (unpaired) electrons. The van der Waals surface area contributed by atoms with Gasteiger partial charge < -0.3 is 4.74 Å². The average Bonchev–Trinajstić information content (AvgIpc) is 2.78. The standard InChI is InChI=1S/C27H32F2O/c1-3-5-6-7-20-8-13-22(14-9-20)23-15-10-21(11-16-23)12-17-24-18-19-25(30-4-2)27(29)26(24)28/h10-11,15-16,18-20,22H,3-9,13-14H2,1-2H3. The number of halogens is 2. The molecule has 0 bridgehead atoms. The summed E-state index contributed by atoms with van der Waals surface area (Å²) < 4.78 is 33.2. The molecule has 0 unspecified atom stereocenters. The first-order valence-electron chi connectivity index (χ1n) is 11.3. The van der Waals surface area contributed by atoms with E-state index in [2.05, 4.69) is 30.9 Å². The Morgan fingerprint density at radius 1 is 0.867 bits per heavy atom. The first-order valence-corrected chi connectivity index (χ1v) is 11.3. The molecule has 0 atom stereocenters. The second-order valence-electron chi connectivity index (χ2n) is 8.26. The maximum Gasteiger partial charge on any atom is 0.201 e. The normalized spacial score (nSPS) is 18.5. The highest BCUT2D eigenvalue weighted by molar-refractivity contribution is 5.46. The Labute approximate surface area is 179 Å². The van der Waals surface area contributed by atoms with Crippen molar-refractivity contribution in [3.63, 3.8) is 0 Å². The van der Waals surface area contributed by atoms with Crippen LogP contribution in [0.4, 0.5) is 8.78 Å². The molecule has 0 saturated heterocycles. The van der Waals surface area contributed by atoms with Crippen LogP contribution in [0.25, 0.3) is 0 Å². The summed E-state index contributed by atoms with van der Waals surface area (Å²) >= 11 is 0. The van der Waals surface area contributed by atoms with Gasteiger partial charge >= 0.3 is 0 Å². The molecule has 2 aromatic rings. The van der Waals surface area contributed by atoms with Crippen LogP contribution in [0.3, 0.4) is 0 Å². The van der Waals surface area contributed by atoms with Crippen LogP contribution in [0, 0.1) is 29.4 Å². The summed E-state index contributed by atoms with van der Waals surface area (Å²) in [6.45, 7) is 4.28. The molecule has 2 aromatic carbocycles. The molecule has 1 saturated carbocycles. The molecular weight excluding hydrogens is 378 g/mol. The van der Waals surface area contributed by atoms with Gasteiger partial charge in [0.15, 0.2) is 11.6 Å². The van der Waals surface area contributed by atoms with Crippen LogP contribution < -0.4 is 4.74 Å². The second kappa shape index (κ2) is 11.2. The van der Waals surface area contributed by atoms with Gasteiger partial charge in [0.1, 0.15) is 0 Å². The van der Waals surface area contributed by atoms with Crippen LogP contribution in [0.2, 0.25) is 0 Å². The van der Waals surface area contributed by atoms with Gasteiger partial charge in [0, 0.05) is 5.56 Å². The van der Waals surface area contributed by atoms with Crippen molar-refractivity contribution in [3.8, 4) is 17.6 Å². The molecule has 30 heavy (non-hydrogen) atoms. The summed E-state index contributed by atoms with van der Waals surface area (Å²) in [6, 6.07) is 11.1. The summed E-state index contributed by atoms with van der Waals surface area (Å²) in [7, 11) is 0. The van der Waals surface area contributed by atoms with E-state index >= 15 is 0 Å². The third-order valence-electron chi connectivity index (χ3n) is 6.13. The van der Waals surface area contributed by atoms with E-state index in [1.165, 1.54) is 69.1 Å². The molecule has 0 aliphatic heterocycles. The lowest BCUT2D eigenvalue weighted by atomic mass is 9.77. The number of ether oxygens (including phenoxy) is 1. The minimum absolute atomic E-state index is 0.0430. The molecule has 1 aliphatic carbocycles. The monoisotopic (exact) mass is 410 g/mol. The van der Waals surface area contributed by atoms with Gasteiger partial charge in [-0.05, 0) is 74.3 Å². The summed E-state index contributed by atoms with van der Waals surface area (Å²) in [6.07, 6.45) is 10.6. The van der Waals surface area contributed by atoms with Crippen molar-refractivity contribution in [1.29, 1.82) is 0 Å². The van der Waals surface area contributed by atoms with Crippen LogP contribution in [0.1, 0.15) is 87.8 Å². The van der Waals surface area contributed by atoms with E-state index in [1.807, 2.05) is 12.1 Å². The zero-order valence-electron chi connectivity index (χ0n) is 18.1. The zero-order valence-corrected chi connectivity index (χ0v) is 18.1. The molecule has 0 heterocycles.